The summed E-state index contributed by atoms with van der Waals surface area (Å²) in [5.41, 5.74) is 1.46. The summed E-state index contributed by atoms with van der Waals surface area (Å²) in [5, 5.41) is 7.19. The molecule has 2 heterocycles. The molecule has 0 aromatic carbocycles. The zero-order chi connectivity index (χ0) is 18.3. The van der Waals surface area contributed by atoms with Crippen molar-refractivity contribution in [2.24, 2.45) is 24.8 Å². The highest BCUT2D eigenvalue weighted by Crippen LogP contribution is 2.43. The normalized spacial score (nSPS) is 26.6. The predicted molar refractivity (Wildman–Crippen MR) is 97.7 cm³/mol. The second-order valence-corrected chi connectivity index (χ2v) is 7.81. The minimum absolute atomic E-state index is 0.0277. The first-order valence-electron chi connectivity index (χ1n) is 9.52. The quantitative estimate of drug-likeness (QED) is 0.783. The molecule has 140 valence electrons. The molecule has 1 aromatic rings. The molecule has 2 bridgehead atoms. The summed E-state index contributed by atoms with van der Waals surface area (Å²) in [6.07, 6.45) is 7.03. The molecule has 0 radical (unpaired) electrons. The number of aryl methyl sites for hydroxylation is 2. The van der Waals surface area contributed by atoms with Gasteiger partial charge in [-0.2, -0.15) is 5.10 Å². The van der Waals surface area contributed by atoms with Gasteiger partial charge in [-0.25, -0.2) is 4.79 Å². The van der Waals surface area contributed by atoms with Gasteiger partial charge in [0.2, 0.25) is 0 Å². The summed E-state index contributed by atoms with van der Waals surface area (Å²) in [7, 11) is 1.85. The zero-order valence-corrected chi connectivity index (χ0v) is 15.5. The fourth-order valence-corrected chi connectivity index (χ4v) is 4.46. The van der Waals surface area contributed by atoms with Crippen molar-refractivity contribution < 1.29 is 9.59 Å². The van der Waals surface area contributed by atoms with E-state index < -0.39 is 0 Å². The molecule has 26 heavy (non-hydrogen) atoms. The number of fused-ring (bicyclic) bond motifs is 2. The molecular weight excluding hydrogens is 330 g/mol. The summed E-state index contributed by atoms with van der Waals surface area (Å²) in [5.74, 6) is 1.77. The van der Waals surface area contributed by atoms with Gasteiger partial charge in [0.05, 0.1) is 0 Å². The second-order valence-electron chi connectivity index (χ2n) is 7.81. The number of rotatable bonds is 6. The number of allylic oxidation sites excluding steroid dienone is 2. The summed E-state index contributed by atoms with van der Waals surface area (Å²) >= 11 is 0. The van der Waals surface area contributed by atoms with Crippen LogP contribution in [-0.2, 0) is 7.05 Å². The number of hydrogen-bond acceptors (Lipinski definition) is 3. The van der Waals surface area contributed by atoms with E-state index in [2.05, 4.69) is 22.6 Å². The highest BCUT2D eigenvalue weighted by molar-refractivity contribution is 5.92. The number of carbonyl (C=O) groups is 2. The fourth-order valence-electron chi connectivity index (χ4n) is 4.46. The van der Waals surface area contributed by atoms with Gasteiger partial charge >= 0.3 is 6.03 Å². The molecular formula is C19H27N5O2. The van der Waals surface area contributed by atoms with E-state index in [4.69, 9.17) is 0 Å². The Labute approximate surface area is 154 Å². The Morgan fingerprint density at radius 2 is 2.23 bits per heavy atom. The zero-order valence-electron chi connectivity index (χ0n) is 15.5. The van der Waals surface area contributed by atoms with Crippen molar-refractivity contribution in [3.63, 3.8) is 0 Å². The van der Waals surface area contributed by atoms with Crippen LogP contribution in [0.3, 0.4) is 0 Å². The minimum atomic E-state index is -0.0334. The number of nitrogens with zero attached hydrogens (tertiary/aromatic N) is 4. The van der Waals surface area contributed by atoms with Crippen molar-refractivity contribution in [3.05, 3.63) is 29.6 Å². The summed E-state index contributed by atoms with van der Waals surface area (Å²) in [6, 6.07) is 1.81. The van der Waals surface area contributed by atoms with Crippen LogP contribution in [0, 0.1) is 24.7 Å². The van der Waals surface area contributed by atoms with Gasteiger partial charge < -0.3 is 15.1 Å². The highest BCUT2D eigenvalue weighted by Gasteiger charge is 2.37. The van der Waals surface area contributed by atoms with Crippen molar-refractivity contribution in [1.29, 1.82) is 0 Å². The number of carbonyl (C=O) groups excluding carboxylic acids is 2. The molecule has 2 aliphatic carbocycles. The van der Waals surface area contributed by atoms with Gasteiger partial charge in [-0.1, -0.05) is 12.2 Å². The molecule has 1 N–H and O–H groups in total. The van der Waals surface area contributed by atoms with Gasteiger partial charge in [0, 0.05) is 45.5 Å². The Bertz CT molecular complexity index is 721. The standard InChI is InChI=1S/C19H27N5O2/c1-13-9-17(21-22(13)2)18(25)24(8-7-23-6-5-20-19(23)26)12-16-11-14-3-4-15(16)10-14/h3-4,9,14-16H,5-8,10-12H2,1-2H3,(H,20,26)/t14-,15+,16-/m1/s1. The molecule has 3 aliphatic rings. The van der Waals surface area contributed by atoms with Crippen LogP contribution in [-0.4, -0.2) is 64.2 Å². The van der Waals surface area contributed by atoms with E-state index in [0.29, 0.717) is 49.6 Å². The Kier molecular flexibility index (Phi) is 4.46. The largest absolute Gasteiger partial charge is 0.336 e. The molecule has 1 saturated carbocycles. The summed E-state index contributed by atoms with van der Waals surface area (Å²) < 4.78 is 1.74. The van der Waals surface area contributed by atoms with E-state index in [1.807, 2.05) is 24.9 Å². The maximum absolute atomic E-state index is 13.1. The number of aromatic nitrogens is 2. The van der Waals surface area contributed by atoms with Crippen LogP contribution >= 0.6 is 0 Å². The lowest BCUT2D eigenvalue weighted by Gasteiger charge is -2.29. The van der Waals surface area contributed by atoms with Crippen molar-refractivity contribution in [2.45, 2.75) is 19.8 Å². The Morgan fingerprint density at radius 1 is 1.38 bits per heavy atom. The first-order valence-corrected chi connectivity index (χ1v) is 9.52. The van der Waals surface area contributed by atoms with E-state index in [0.717, 1.165) is 18.7 Å². The van der Waals surface area contributed by atoms with E-state index in [9.17, 15) is 9.59 Å². The molecule has 4 rings (SSSR count). The van der Waals surface area contributed by atoms with Crippen molar-refractivity contribution in [3.8, 4) is 0 Å². The van der Waals surface area contributed by atoms with Crippen LogP contribution in [0.2, 0.25) is 0 Å². The van der Waals surface area contributed by atoms with Crippen LogP contribution in [0.15, 0.2) is 18.2 Å². The molecule has 7 heteroatoms. The first-order chi connectivity index (χ1) is 12.5. The first kappa shape index (κ1) is 17.1. The fraction of sp³-hybridized carbons (Fsp3) is 0.632. The van der Waals surface area contributed by atoms with E-state index in [1.165, 1.54) is 6.42 Å². The molecule has 7 nitrogen and oxygen atoms in total. The number of nitrogens with one attached hydrogen (secondary N) is 1. The molecule has 3 amide bonds. The molecule has 1 aliphatic heterocycles. The number of amides is 3. The summed E-state index contributed by atoms with van der Waals surface area (Å²) in [4.78, 5) is 28.6. The van der Waals surface area contributed by atoms with Gasteiger partial charge in [-0.15, -0.1) is 0 Å². The average molecular weight is 357 g/mol. The Hall–Kier alpha value is -2.31. The third-order valence-corrected chi connectivity index (χ3v) is 6.08. The lowest BCUT2D eigenvalue weighted by Crippen LogP contribution is -2.42. The van der Waals surface area contributed by atoms with Crippen LogP contribution < -0.4 is 5.32 Å². The third-order valence-electron chi connectivity index (χ3n) is 6.08. The monoisotopic (exact) mass is 357 g/mol. The van der Waals surface area contributed by atoms with Crippen molar-refractivity contribution in [1.82, 2.24) is 24.9 Å². The average Bonchev–Trinajstić information content (AvgIpc) is 3.38. The van der Waals surface area contributed by atoms with Gasteiger partial charge in [-0.05, 0) is 43.6 Å². The van der Waals surface area contributed by atoms with E-state index in [-0.39, 0.29) is 11.9 Å². The molecule has 3 atom stereocenters. The van der Waals surface area contributed by atoms with Crippen LogP contribution in [0.25, 0.3) is 0 Å². The van der Waals surface area contributed by atoms with Gasteiger partial charge in [0.25, 0.3) is 5.91 Å². The van der Waals surface area contributed by atoms with Crippen LogP contribution in [0.5, 0.6) is 0 Å². The molecule has 0 unspecified atom stereocenters. The van der Waals surface area contributed by atoms with E-state index >= 15 is 0 Å². The number of urea groups is 1. The maximum Gasteiger partial charge on any atom is 0.317 e. The smallest absolute Gasteiger partial charge is 0.317 e. The van der Waals surface area contributed by atoms with Crippen molar-refractivity contribution >= 4 is 11.9 Å². The minimum Gasteiger partial charge on any atom is -0.336 e. The highest BCUT2D eigenvalue weighted by atomic mass is 16.2. The Morgan fingerprint density at radius 3 is 2.81 bits per heavy atom. The third kappa shape index (κ3) is 3.22. The van der Waals surface area contributed by atoms with Crippen LogP contribution in [0.1, 0.15) is 29.0 Å². The van der Waals surface area contributed by atoms with Gasteiger partial charge in [0.15, 0.2) is 5.69 Å². The summed E-state index contributed by atoms with van der Waals surface area (Å²) in [6.45, 7) is 5.21. The van der Waals surface area contributed by atoms with Crippen molar-refractivity contribution in [2.75, 3.05) is 32.7 Å². The maximum atomic E-state index is 13.1. The van der Waals surface area contributed by atoms with Gasteiger partial charge in [-0.3, -0.25) is 9.48 Å². The molecule has 1 saturated heterocycles. The van der Waals surface area contributed by atoms with Crippen LogP contribution in [0.4, 0.5) is 4.79 Å². The van der Waals surface area contributed by atoms with E-state index in [1.54, 1.807) is 9.58 Å². The number of hydrogen-bond donors (Lipinski definition) is 1. The Balaban J connectivity index is 1.47. The van der Waals surface area contributed by atoms with Gasteiger partial charge in [0.1, 0.15) is 0 Å². The molecule has 2 fully saturated rings. The predicted octanol–water partition coefficient (Wildman–Crippen LogP) is 1.41. The molecule has 0 spiro atoms. The molecule has 1 aromatic heterocycles. The SMILES string of the molecule is Cc1cc(C(=O)N(CCN2CCNC2=O)C[C@H]2C[C@@H]3C=C[C@H]2C3)nn1C. The lowest BCUT2D eigenvalue weighted by atomic mass is 9.93. The second kappa shape index (κ2) is 6.78. The topological polar surface area (TPSA) is 70.5 Å². The lowest BCUT2D eigenvalue weighted by molar-refractivity contribution is 0.0699.